The minimum atomic E-state index is -0.245. The Hall–Kier alpha value is -2.80. The van der Waals surface area contributed by atoms with Crippen molar-refractivity contribution in [3.8, 4) is 11.5 Å². The van der Waals surface area contributed by atoms with Crippen LogP contribution in [0.15, 0.2) is 42.5 Å². The quantitative estimate of drug-likeness (QED) is 0.896. The van der Waals surface area contributed by atoms with Crippen molar-refractivity contribution in [1.82, 2.24) is 4.90 Å². The van der Waals surface area contributed by atoms with E-state index in [-0.39, 0.29) is 24.6 Å². The number of nitrogens with zero attached hydrogens (tertiary/aromatic N) is 2. The van der Waals surface area contributed by atoms with E-state index >= 15 is 0 Å². The fourth-order valence-electron chi connectivity index (χ4n) is 3.41. The lowest BCUT2D eigenvalue weighted by Gasteiger charge is -2.38. The molecule has 0 aliphatic carbocycles. The number of anilines is 2. The van der Waals surface area contributed by atoms with Crippen LogP contribution >= 0.6 is 0 Å². The van der Waals surface area contributed by atoms with Crippen molar-refractivity contribution in [3.05, 3.63) is 48.3 Å². The summed E-state index contributed by atoms with van der Waals surface area (Å²) in [5.74, 6) is 1.06. The number of nitrogens with one attached hydrogen (secondary N) is 1. The number of carbonyl (C=O) groups is 1. The molecule has 0 radical (unpaired) electrons. The molecule has 2 aliphatic rings. The summed E-state index contributed by atoms with van der Waals surface area (Å²) >= 11 is 0. The third-order valence-electron chi connectivity index (χ3n) is 5.07. The first-order chi connectivity index (χ1) is 13.1. The largest absolute Gasteiger partial charge is 0.454 e. The first kappa shape index (κ1) is 17.6. The van der Waals surface area contributed by atoms with Crippen molar-refractivity contribution in [1.29, 1.82) is 0 Å². The molecule has 0 saturated carbocycles. The van der Waals surface area contributed by atoms with Crippen LogP contribution in [0.1, 0.15) is 6.92 Å². The van der Waals surface area contributed by atoms with E-state index in [0.717, 1.165) is 31.9 Å². The van der Waals surface area contributed by atoms with Crippen LogP contribution < -0.4 is 19.7 Å². The lowest BCUT2D eigenvalue weighted by atomic mass is 10.2. The van der Waals surface area contributed by atoms with Gasteiger partial charge in [-0.1, -0.05) is 0 Å². The Morgan fingerprint density at radius 2 is 1.74 bits per heavy atom. The highest BCUT2D eigenvalue weighted by Gasteiger charge is 2.26. The van der Waals surface area contributed by atoms with Crippen molar-refractivity contribution in [2.24, 2.45) is 0 Å². The van der Waals surface area contributed by atoms with Gasteiger partial charge in [0.1, 0.15) is 5.82 Å². The fourth-order valence-corrected chi connectivity index (χ4v) is 3.41. The predicted molar refractivity (Wildman–Crippen MR) is 101 cm³/mol. The fraction of sp³-hybridized carbons (Fsp3) is 0.350. The summed E-state index contributed by atoms with van der Waals surface area (Å²) < 4.78 is 23.7. The summed E-state index contributed by atoms with van der Waals surface area (Å²) in [5, 5.41) is 2.95. The Balaban J connectivity index is 1.32. The van der Waals surface area contributed by atoms with Crippen LogP contribution in [0, 0.1) is 5.82 Å². The third-order valence-corrected chi connectivity index (χ3v) is 5.07. The Morgan fingerprint density at radius 3 is 2.48 bits per heavy atom. The summed E-state index contributed by atoms with van der Waals surface area (Å²) in [6.07, 6.45) is 0. The molecule has 1 saturated heterocycles. The van der Waals surface area contributed by atoms with Crippen LogP contribution in [0.25, 0.3) is 0 Å². The van der Waals surface area contributed by atoms with E-state index in [0.29, 0.717) is 17.2 Å². The van der Waals surface area contributed by atoms with Crippen LogP contribution in [-0.4, -0.2) is 49.8 Å². The Labute approximate surface area is 157 Å². The molecule has 1 amide bonds. The molecule has 2 aromatic carbocycles. The van der Waals surface area contributed by atoms with E-state index in [4.69, 9.17) is 9.47 Å². The maximum Gasteiger partial charge on any atom is 0.241 e. The molecule has 1 unspecified atom stereocenters. The average Bonchev–Trinajstić information content (AvgIpc) is 3.16. The predicted octanol–water partition coefficient (Wildman–Crippen LogP) is 2.70. The molecule has 1 N–H and O–H groups in total. The highest BCUT2D eigenvalue weighted by molar-refractivity contribution is 5.94. The average molecular weight is 371 g/mol. The number of piperazine rings is 1. The second-order valence-corrected chi connectivity index (χ2v) is 6.73. The molecule has 27 heavy (non-hydrogen) atoms. The molecule has 2 aromatic rings. The van der Waals surface area contributed by atoms with Gasteiger partial charge in [0.25, 0.3) is 0 Å². The number of halogens is 1. The molecule has 4 rings (SSSR count). The smallest absolute Gasteiger partial charge is 0.241 e. The van der Waals surface area contributed by atoms with Gasteiger partial charge in [0.05, 0.1) is 6.04 Å². The third kappa shape index (κ3) is 3.83. The van der Waals surface area contributed by atoms with Crippen molar-refractivity contribution in [2.75, 3.05) is 43.2 Å². The van der Waals surface area contributed by atoms with Gasteiger partial charge in [-0.15, -0.1) is 0 Å². The first-order valence-electron chi connectivity index (χ1n) is 9.05. The Morgan fingerprint density at radius 1 is 1.04 bits per heavy atom. The number of carbonyl (C=O) groups excluding carboxylic acids is 1. The van der Waals surface area contributed by atoms with Crippen molar-refractivity contribution in [3.63, 3.8) is 0 Å². The molecule has 1 fully saturated rings. The number of hydrogen-bond acceptors (Lipinski definition) is 5. The van der Waals surface area contributed by atoms with Crippen molar-refractivity contribution >= 4 is 17.3 Å². The zero-order valence-corrected chi connectivity index (χ0v) is 15.2. The van der Waals surface area contributed by atoms with Crippen LogP contribution in [0.2, 0.25) is 0 Å². The van der Waals surface area contributed by atoms with E-state index in [1.54, 1.807) is 24.3 Å². The topological polar surface area (TPSA) is 54.0 Å². The molecule has 1 atom stereocenters. The van der Waals surface area contributed by atoms with Crippen molar-refractivity contribution < 1.29 is 18.7 Å². The summed E-state index contributed by atoms with van der Waals surface area (Å²) in [7, 11) is 0. The zero-order chi connectivity index (χ0) is 18.8. The number of amides is 1. The molecule has 7 heteroatoms. The summed E-state index contributed by atoms with van der Waals surface area (Å²) in [5.41, 5.74) is 1.70. The highest BCUT2D eigenvalue weighted by Crippen LogP contribution is 2.34. The first-order valence-corrected chi connectivity index (χ1v) is 9.05. The molecule has 0 bridgehead atoms. The maximum absolute atomic E-state index is 13.1. The van der Waals surface area contributed by atoms with Crippen LogP contribution in [-0.2, 0) is 4.79 Å². The van der Waals surface area contributed by atoms with Crippen molar-refractivity contribution in [2.45, 2.75) is 13.0 Å². The molecular weight excluding hydrogens is 349 g/mol. The summed E-state index contributed by atoms with van der Waals surface area (Å²) in [4.78, 5) is 17.0. The second-order valence-electron chi connectivity index (χ2n) is 6.73. The van der Waals surface area contributed by atoms with E-state index in [1.807, 2.05) is 13.0 Å². The highest BCUT2D eigenvalue weighted by atomic mass is 19.1. The van der Waals surface area contributed by atoms with Gasteiger partial charge in [0.2, 0.25) is 12.7 Å². The van der Waals surface area contributed by atoms with Gasteiger partial charge in [-0.05, 0) is 43.3 Å². The Bertz CT molecular complexity index is 820. The monoisotopic (exact) mass is 371 g/mol. The minimum Gasteiger partial charge on any atom is -0.454 e. The maximum atomic E-state index is 13.1. The lowest BCUT2D eigenvalue weighted by molar-refractivity contribution is -0.120. The summed E-state index contributed by atoms with van der Waals surface area (Å²) in [6.45, 7) is 5.26. The number of benzene rings is 2. The zero-order valence-electron chi connectivity index (χ0n) is 15.2. The van der Waals surface area contributed by atoms with Gasteiger partial charge in [-0.3, -0.25) is 9.69 Å². The lowest BCUT2D eigenvalue weighted by Crippen LogP contribution is -2.52. The van der Waals surface area contributed by atoms with Gasteiger partial charge in [0.15, 0.2) is 11.5 Å². The number of rotatable bonds is 4. The van der Waals surface area contributed by atoms with Gasteiger partial charge < -0.3 is 19.7 Å². The number of ether oxygens (including phenoxy) is 2. The van der Waals surface area contributed by atoms with Crippen LogP contribution in [0.5, 0.6) is 11.5 Å². The second kappa shape index (κ2) is 7.44. The Kier molecular flexibility index (Phi) is 4.85. The van der Waals surface area contributed by atoms with Crippen LogP contribution in [0.3, 0.4) is 0 Å². The molecule has 2 aliphatic heterocycles. The SMILES string of the molecule is CC(C(=O)Nc1ccc2c(c1)OCO2)N1CCN(c2ccc(F)cc2)CC1. The normalized spacial score (nSPS) is 17.6. The van der Waals surface area contributed by atoms with Crippen LogP contribution in [0.4, 0.5) is 15.8 Å². The summed E-state index contributed by atoms with van der Waals surface area (Å²) in [6, 6.07) is 11.7. The van der Waals surface area contributed by atoms with E-state index in [1.165, 1.54) is 12.1 Å². The molecule has 2 heterocycles. The van der Waals surface area contributed by atoms with Gasteiger partial charge in [-0.2, -0.15) is 0 Å². The van der Waals surface area contributed by atoms with Gasteiger partial charge in [0, 0.05) is 43.6 Å². The van der Waals surface area contributed by atoms with Gasteiger partial charge >= 0.3 is 0 Å². The van der Waals surface area contributed by atoms with E-state index < -0.39 is 0 Å². The number of hydrogen-bond donors (Lipinski definition) is 1. The van der Waals surface area contributed by atoms with E-state index in [9.17, 15) is 9.18 Å². The molecule has 6 nitrogen and oxygen atoms in total. The van der Waals surface area contributed by atoms with E-state index in [2.05, 4.69) is 15.1 Å². The standard InChI is InChI=1S/C20H22FN3O3/c1-14(20(25)22-16-4-7-18-19(12-16)27-13-26-18)23-8-10-24(11-9-23)17-5-2-15(21)3-6-17/h2-7,12,14H,8-11,13H2,1H3,(H,22,25). The molecule has 142 valence electrons. The minimum absolute atomic E-state index is 0.0518. The van der Waals surface area contributed by atoms with Gasteiger partial charge in [-0.25, -0.2) is 4.39 Å². The number of fused-ring (bicyclic) bond motifs is 1. The molecule has 0 aromatic heterocycles. The molecule has 0 spiro atoms. The molecular formula is C20H22FN3O3.